The molecule has 1 atom stereocenters. The molecule has 30 heavy (non-hydrogen) atoms. The van der Waals surface area contributed by atoms with Gasteiger partial charge in [0.2, 0.25) is 5.88 Å². The molecule has 168 valence electrons. The minimum atomic E-state index is 0.301. The highest BCUT2D eigenvalue weighted by Gasteiger charge is 2.20. The molecule has 1 saturated heterocycles. The first-order chi connectivity index (χ1) is 14.7. The lowest BCUT2D eigenvalue weighted by molar-refractivity contribution is 0.0888. The molecule has 2 N–H and O–H groups in total. The number of pyridine rings is 1. The van der Waals surface area contributed by atoms with Gasteiger partial charge in [0.05, 0.1) is 13.2 Å². The maximum atomic E-state index is 6.11. The van der Waals surface area contributed by atoms with Gasteiger partial charge in [-0.15, -0.1) is 0 Å². The van der Waals surface area contributed by atoms with Gasteiger partial charge in [0, 0.05) is 51.5 Å². The minimum absolute atomic E-state index is 0.301. The van der Waals surface area contributed by atoms with Crippen molar-refractivity contribution in [1.82, 2.24) is 15.6 Å². The van der Waals surface area contributed by atoms with E-state index in [1.54, 1.807) is 7.05 Å². The van der Waals surface area contributed by atoms with Crippen LogP contribution in [0.25, 0.3) is 0 Å². The molecule has 2 fully saturated rings. The highest BCUT2D eigenvalue weighted by molar-refractivity contribution is 5.79. The molecular formula is C23H38N4O3. The average molecular weight is 419 g/mol. The monoisotopic (exact) mass is 418 g/mol. The molecule has 2 heterocycles. The predicted molar refractivity (Wildman–Crippen MR) is 119 cm³/mol. The summed E-state index contributed by atoms with van der Waals surface area (Å²) in [6.07, 6.45) is 8.93. The topological polar surface area (TPSA) is 77.0 Å². The number of aliphatic imine (C=N–C) groups is 1. The van der Waals surface area contributed by atoms with Crippen LogP contribution in [0.1, 0.15) is 51.0 Å². The van der Waals surface area contributed by atoms with Crippen molar-refractivity contribution in [1.29, 1.82) is 0 Å². The Morgan fingerprint density at radius 1 is 1.23 bits per heavy atom. The van der Waals surface area contributed by atoms with E-state index in [-0.39, 0.29) is 0 Å². The smallest absolute Gasteiger partial charge is 0.213 e. The van der Waals surface area contributed by atoms with Crippen LogP contribution in [0.4, 0.5) is 0 Å². The van der Waals surface area contributed by atoms with Crippen molar-refractivity contribution in [2.24, 2.45) is 16.8 Å². The molecule has 1 unspecified atom stereocenters. The van der Waals surface area contributed by atoms with Crippen molar-refractivity contribution in [3.8, 4) is 5.88 Å². The van der Waals surface area contributed by atoms with Crippen molar-refractivity contribution >= 4 is 5.96 Å². The summed E-state index contributed by atoms with van der Waals surface area (Å²) in [6, 6.07) is 4.04. The Bertz CT molecular complexity index is 641. The Kier molecular flexibility index (Phi) is 9.70. The average Bonchev–Trinajstić information content (AvgIpc) is 3.28. The Morgan fingerprint density at radius 3 is 2.87 bits per heavy atom. The van der Waals surface area contributed by atoms with E-state index in [9.17, 15) is 0 Å². The van der Waals surface area contributed by atoms with E-state index in [1.807, 2.05) is 18.3 Å². The number of rotatable bonds is 10. The van der Waals surface area contributed by atoms with Crippen LogP contribution < -0.4 is 15.4 Å². The van der Waals surface area contributed by atoms with Gasteiger partial charge in [-0.2, -0.15) is 0 Å². The van der Waals surface area contributed by atoms with Crippen LogP contribution in [-0.2, 0) is 16.0 Å². The number of guanidine groups is 1. The highest BCUT2D eigenvalue weighted by atomic mass is 16.5. The van der Waals surface area contributed by atoms with Gasteiger partial charge in [0.25, 0.3) is 0 Å². The van der Waals surface area contributed by atoms with Gasteiger partial charge in [-0.3, -0.25) is 4.99 Å². The third-order valence-electron chi connectivity index (χ3n) is 5.87. The van der Waals surface area contributed by atoms with E-state index >= 15 is 0 Å². The lowest BCUT2D eigenvalue weighted by atomic mass is 9.89. The zero-order valence-electron chi connectivity index (χ0n) is 18.6. The molecule has 7 nitrogen and oxygen atoms in total. The highest BCUT2D eigenvalue weighted by Crippen LogP contribution is 2.26. The second-order valence-corrected chi connectivity index (χ2v) is 8.51. The molecule has 2 aliphatic rings. The Balaban J connectivity index is 1.31. The molecule has 1 aliphatic carbocycles. The van der Waals surface area contributed by atoms with Gasteiger partial charge in [0.15, 0.2) is 5.96 Å². The van der Waals surface area contributed by atoms with E-state index in [0.717, 1.165) is 82.0 Å². The van der Waals surface area contributed by atoms with Crippen LogP contribution in [0.5, 0.6) is 5.88 Å². The second kappa shape index (κ2) is 12.7. The first-order valence-electron chi connectivity index (χ1n) is 11.4. The third kappa shape index (κ3) is 8.11. The van der Waals surface area contributed by atoms with Gasteiger partial charge in [-0.05, 0) is 56.1 Å². The van der Waals surface area contributed by atoms with Gasteiger partial charge >= 0.3 is 0 Å². The normalized spacial score (nSPS) is 24.6. The van der Waals surface area contributed by atoms with Crippen molar-refractivity contribution in [2.75, 3.05) is 40.0 Å². The number of nitrogens with one attached hydrogen (secondary N) is 2. The maximum Gasteiger partial charge on any atom is 0.213 e. The van der Waals surface area contributed by atoms with Crippen molar-refractivity contribution in [3.63, 3.8) is 0 Å². The fourth-order valence-electron chi connectivity index (χ4n) is 3.90. The summed E-state index contributed by atoms with van der Waals surface area (Å²) < 4.78 is 17.2. The molecule has 1 saturated carbocycles. The predicted octanol–water partition coefficient (Wildman–Crippen LogP) is 3.15. The lowest BCUT2D eigenvalue weighted by Gasteiger charge is -2.26. The van der Waals surface area contributed by atoms with Crippen molar-refractivity contribution in [2.45, 2.75) is 58.1 Å². The Morgan fingerprint density at radius 2 is 2.10 bits per heavy atom. The quantitative estimate of drug-likeness (QED) is 0.345. The van der Waals surface area contributed by atoms with E-state index in [0.29, 0.717) is 18.6 Å². The van der Waals surface area contributed by atoms with E-state index in [1.165, 1.54) is 12.8 Å². The maximum absolute atomic E-state index is 6.11. The van der Waals surface area contributed by atoms with Crippen LogP contribution in [0.15, 0.2) is 23.3 Å². The number of hydrogen-bond acceptors (Lipinski definition) is 5. The summed E-state index contributed by atoms with van der Waals surface area (Å²) in [4.78, 5) is 8.69. The number of nitrogens with zero attached hydrogens (tertiary/aromatic N) is 2. The molecule has 3 rings (SSSR count). The SMILES string of the molecule is CN=C(NCCCOCC1CCOC1)NCc1ccnc(OC2CCC(C)CC2)c1. The van der Waals surface area contributed by atoms with Crippen LogP contribution in [0, 0.1) is 11.8 Å². The molecule has 0 spiro atoms. The summed E-state index contributed by atoms with van der Waals surface area (Å²) >= 11 is 0. The fraction of sp³-hybridized carbons (Fsp3) is 0.739. The zero-order chi connectivity index (χ0) is 21.0. The lowest BCUT2D eigenvalue weighted by Crippen LogP contribution is -2.37. The van der Waals surface area contributed by atoms with E-state index in [2.05, 4.69) is 27.5 Å². The molecule has 0 radical (unpaired) electrons. The molecular weight excluding hydrogens is 380 g/mol. The first-order valence-corrected chi connectivity index (χ1v) is 11.4. The number of aromatic nitrogens is 1. The fourth-order valence-corrected chi connectivity index (χ4v) is 3.90. The molecule has 7 heteroatoms. The minimum Gasteiger partial charge on any atom is -0.474 e. The molecule has 0 aromatic carbocycles. The van der Waals surface area contributed by atoms with E-state index in [4.69, 9.17) is 14.2 Å². The van der Waals surface area contributed by atoms with Gasteiger partial charge in [-0.25, -0.2) is 4.98 Å². The van der Waals surface area contributed by atoms with Gasteiger partial charge in [0.1, 0.15) is 6.10 Å². The number of hydrogen-bond donors (Lipinski definition) is 2. The van der Waals surface area contributed by atoms with E-state index < -0.39 is 0 Å². The Hall–Kier alpha value is -1.86. The molecule has 0 amide bonds. The van der Waals surface area contributed by atoms with Crippen LogP contribution >= 0.6 is 0 Å². The summed E-state index contributed by atoms with van der Waals surface area (Å²) in [5.41, 5.74) is 1.13. The van der Waals surface area contributed by atoms with Crippen molar-refractivity contribution < 1.29 is 14.2 Å². The largest absolute Gasteiger partial charge is 0.474 e. The third-order valence-corrected chi connectivity index (χ3v) is 5.87. The second-order valence-electron chi connectivity index (χ2n) is 8.51. The van der Waals surface area contributed by atoms with Gasteiger partial charge < -0.3 is 24.8 Å². The summed E-state index contributed by atoms with van der Waals surface area (Å²) in [5.74, 6) is 2.91. The summed E-state index contributed by atoms with van der Waals surface area (Å²) in [5, 5.41) is 6.70. The summed E-state index contributed by atoms with van der Waals surface area (Å²) in [6.45, 7) is 7.11. The molecule has 1 aliphatic heterocycles. The molecule has 0 bridgehead atoms. The molecule has 1 aromatic heterocycles. The van der Waals surface area contributed by atoms with Crippen molar-refractivity contribution in [3.05, 3.63) is 23.9 Å². The molecule has 1 aromatic rings. The summed E-state index contributed by atoms with van der Waals surface area (Å²) in [7, 11) is 1.79. The number of ether oxygens (including phenoxy) is 3. The van der Waals surface area contributed by atoms with Gasteiger partial charge in [-0.1, -0.05) is 6.92 Å². The van der Waals surface area contributed by atoms with Crippen LogP contribution in [0.2, 0.25) is 0 Å². The van der Waals surface area contributed by atoms with Crippen LogP contribution in [-0.4, -0.2) is 57.1 Å². The Labute approximate surface area is 181 Å². The standard InChI is InChI=1S/C23H38N4O3/c1-18-4-6-21(7-5-18)30-22-14-19(8-11-25-22)15-27-23(24-2)26-10-3-12-28-16-20-9-13-29-17-20/h8,11,14,18,20-21H,3-7,9-10,12-13,15-17H2,1-2H3,(H2,24,26,27). The zero-order valence-corrected chi connectivity index (χ0v) is 18.6. The van der Waals surface area contributed by atoms with Crippen LogP contribution in [0.3, 0.4) is 0 Å². The first kappa shape index (κ1) is 22.8.